The number of para-hydroxylation sites is 3. The van der Waals surface area contributed by atoms with Gasteiger partial charge in [-0.1, -0.05) is 37.3 Å². The van der Waals surface area contributed by atoms with E-state index < -0.39 is 6.10 Å². The largest absolute Gasteiger partial charge is 0.481 e. The van der Waals surface area contributed by atoms with Crippen molar-refractivity contribution in [2.75, 3.05) is 29.9 Å². The van der Waals surface area contributed by atoms with E-state index in [0.717, 1.165) is 29.8 Å². The van der Waals surface area contributed by atoms with Crippen LogP contribution in [0.25, 0.3) is 11.0 Å². The van der Waals surface area contributed by atoms with Gasteiger partial charge in [0.2, 0.25) is 0 Å². The van der Waals surface area contributed by atoms with Crippen LogP contribution >= 0.6 is 0 Å². The van der Waals surface area contributed by atoms with Crippen molar-refractivity contribution >= 4 is 28.6 Å². The molecule has 1 amide bonds. The van der Waals surface area contributed by atoms with Crippen LogP contribution in [0.3, 0.4) is 0 Å². The first-order valence-electron chi connectivity index (χ1n) is 9.68. The molecule has 0 saturated heterocycles. The summed E-state index contributed by atoms with van der Waals surface area (Å²) in [5.74, 6) is 1.96. The number of aromatic nitrogens is 2. The number of hydrogen-bond donors (Lipinski definition) is 0. The maximum Gasteiger partial charge on any atom is 0.269 e. The fourth-order valence-electron chi connectivity index (χ4n) is 3.46. The lowest BCUT2D eigenvalue weighted by molar-refractivity contribution is -0.125. The van der Waals surface area contributed by atoms with Crippen LogP contribution in [0, 0.1) is 0 Å². The lowest BCUT2D eigenvalue weighted by atomic mass is 10.2. The van der Waals surface area contributed by atoms with Gasteiger partial charge < -0.3 is 9.64 Å². The molecule has 0 N–H and O–H groups in total. The van der Waals surface area contributed by atoms with Gasteiger partial charge in [-0.15, -0.1) is 0 Å². The van der Waals surface area contributed by atoms with Crippen molar-refractivity contribution < 1.29 is 9.53 Å². The van der Waals surface area contributed by atoms with E-state index in [0.29, 0.717) is 24.5 Å². The summed E-state index contributed by atoms with van der Waals surface area (Å²) < 4.78 is 6.00. The molecule has 0 spiro atoms. The van der Waals surface area contributed by atoms with E-state index in [1.54, 1.807) is 4.90 Å². The standard InChI is InChI=1S/C22H24N4O2/c1-3-19(28-16-10-5-4-6-11-16)22(27)26-15-9-14-25(2)20-21(26)24-18-13-8-7-12-17(18)23-20/h4-8,10-13,19H,3,9,14-15H2,1-2H3/t19-/m1/s1. The predicted molar refractivity (Wildman–Crippen MR) is 111 cm³/mol. The molecule has 6 nitrogen and oxygen atoms in total. The zero-order chi connectivity index (χ0) is 19.5. The van der Waals surface area contributed by atoms with E-state index in [9.17, 15) is 4.79 Å². The summed E-state index contributed by atoms with van der Waals surface area (Å²) in [6, 6.07) is 17.2. The topological polar surface area (TPSA) is 58.6 Å². The van der Waals surface area contributed by atoms with E-state index in [4.69, 9.17) is 14.7 Å². The molecule has 0 aliphatic carbocycles. The molecule has 1 aromatic heterocycles. The molecule has 0 radical (unpaired) electrons. The van der Waals surface area contributed by atoms with Crippen LogP contribution in [0.15, 0.2) is 54.6 Å². The second-order valence-corrected chi connectivity index (χ2v) is 6.95. The highest BCUT2D eigenvalue weighted by molar-refractivity contribution is 5.99. The lowest BCUT2D eigenvalue weighted by Gasteiger charge is -2.26. The van der Waals surface area contributed by atoms with Crippen LogP contribution in [0.5, 0.6) is 5.75 Å². The average Bonchev–Trinajstić information content (AvgIpc) is 2.89. The maximum atomic E-state index is 13.4. The second-order valence-electron chi connectivity index (χ2n) is 6.95. The van der Waals surface area contributed by atoms with Crippen LogP contribution in [0.4, 0.5) is 11.6 Å². The van der Waals surface area contributed by atoms with Gasteiger partial charge >= 0.3 is 0 Å². The van der Waals surface area contributed by atoms with Gasteiger partial charge in [0.05, 0.1) is 11.0 Å². The molecule has 28 heavy (non-hydrogen) atoms. The van der Waals surface area contributed by atoms with Crippen molar-refractivity contribution in [1.82, 2.24) is 9.97 Å². The van der Waals surface area contributed by atoms with E-state index >= 15 is 0 Å². The van der Waals surface area contributed by atoms with Gasteiger partial charge in [-0.3, -0.25) is 9.69 Å². The Hall–Kier alpha value is -3.15. The van der Waals surface area contributed by atoms with E-state index in [2.05, 4.69) is 4.90 Å². The number of ether oxygens (including phenoxy) is 1. The summed E-state index contributed by atoms with van der Waals surface area (Å²) in [7, 11) is 1.99. The highest BCUT2D eigenvalue weighted by Gasteiger charge is 2.31. The highest BCUT2D eigenvalue weighted by atomic mass is 16.5. The Morgan fingerprint density at radius 1 is 1.00 bits per heavy atom. The number of fused-ring (bicyclic) bond motifs is 2. The molecule has 1 aliphatic rings. The normalized spacial score (nSPS) is 15.1. The minimum Gasteiger partial charge on any atom is -0.481 e. The van der Waals surface area contributed by atoms with Crippen molar-refractivity contribution in [1.29, 1.82) is 0 Å². The molecule has 3 aromatic rings. The third-order valence-electron chi connectivity index (χ3n) is 4.96. The molecule has 0 unspecified atom stereocenters. The van der Waals surface area contributed by atoms with Crippen molar-refractivity contribution in [3.63, 3.8) is 0 Å². The molecule has 0 saturated carbocycles. The van der Waals surface area contributed by atoms with Gasteiger partial charge in [0.15, 0.2) is 17.7 Å². The Bertz CT molecular complexity index is 977. The fourth-order valence-corrected chi connectivity index (χ4v) is 3.46. The zero-order valence-corrected chi connectivity index (χ0v) is 16.2. The first-order valence-corrected chi connectivity index (χ1v) is 9.68. The first kappa shape index (κ1) is 18.2. The van der Waals surface area contributed by atoms with Crippen LogP contribution in [0.2, 0.25) is 0 Å². The Kier molecular flexibility index (Phi) is 5.10. The molecule has 1 atom stereocenters. The zero-order valence-electron chi connectivity index (χ0n) is 16.2. The molecule has 2 heterocycles. The van der Waals surface area contributed by atoms with Crippen molar-refractivity contribution in [3.8, 4) is 5.75 Å². The van der Waals surface area contributed by atoms with Crippen LogP contribution in [-0.2, 0) is 4.79 Å². The van der Waals surface area contributed by atoms with Crippen molar-refractivity contribution in [2.45, 2.75) is 25.9 Å². The molecule has 144 valence electrons. The summed E-state index contributed by atoms with van der Waals surface area (Å²) in [4.78, 5) is 26.8. The first-order chi connectivity index (χ1) is 13.7. The van der Waals surface area contributed by atoms with Gasteiger partial charge in [0, 0.05) is 20.1 Å². The number of anilines is 2. The number of hydrogen-bond acceptors (Lipinski definition) is 5. The summed E-state index contributed by atoms with van der Waals surface area (Å²) >= 11 is 0. The summed E-state index contributed by atoms with van der Waals surface area (Å²) in [5, 5.41) is 0. The molecular weight excluding hydrogens is 352 g/mol. The smallest absolute Gasteiger partial charge is 0.269 e. The Balaban J connectivity index is 1.71. The van der Waals surface area contributed by atoms with Crippen LogP contribution in [0.1, 0.15) is 19.8 Å². The van der Waals surface area contributed by atoms with Gasteiger partial charge in [0.1, 0.15) is 5.75 Å². The Morgan fingerprint density at radius 2 is 1.64 bits per heavy atom. The fraction of sp³-hybridized carbons (Fsp3) is 0.318. The molecule has 0 bridgehead atoms. The number of rotatable bonds is 4. The third-order valence-corrected chi connectivity index (χ3v) is 4.96. The molecule has 6 heteroatoms. The summed E-state index contributed by atoms with van der Waals surface area (Å²) in [6.45, 7) is 3.38. The van der Waals surface area contributed by atoms with Gasteiger partial charge in [-0.25, -0.2) is 9.97 Å². The second kappa shape index (κ2) is 7.84. The minimum absolute atomic E-state index is 0.0764. The number of carbonyl (C=O) groups excluding carboxylic acids is 1. The quantitative estimate of drug-likeness (QED) is 0.695. The van der Waals surface area contributed by atoms with E-state index in [1.807, 2.05) is 68.6 Å². The van der Waals surface area contributed by atoms with Crippen molar-refractivity contribution in [2.24, 2.45) is 0 Å². The molecular formula is C22H24N4O2. The van der Waals surface area contributed by atoms with Gasteiger partial charge in [0.25, 0.3) is 5.91 Å². The molecule has 0 fully saturated rings. The number of nitrogens with zero attached hydrogens (tertiary/aromatic N) is 4. The molecule has 2 aromatic carbocycles. The third kappa shape index (κ3) is 3.50. The van der Waals surface area contributed by atoms with E-state index in [-0.39, 0.29) is 5.91 Å². The maximum absolute atomic E-state index is 13.4. The van der Waals surface area contributed by atoms with Gasteiger partial charge in [-0.2, -0.15) is 0 Å². The number of carbonyl (C=O) groups is 1. The molecule has 1 aliphatic heterocycles. The van der Waals surface area contributed by atoms with Gasteiger partial charge in [-0.05, 0) is 37.1 Å². The van der Waals surface area contributed by atoms with Crippen LogP contribution in [-0.4, -0.2) is 42.1 Å². The average molecular weight is 376 g/mol. The summed E-state index contributed by atoms with van der Waals surface area (Å²) in [6.07, 6.45) is 0.862. The Labute approximate surface area is 164 Å². The number of benzene rings is 2. The predicted octanol–water partition coefficient (Wildman–Crippen LogP) is 3.66. The Morgan fingerprint density at radius 3 is 2.32 bits per heavy atom. The molecule has 4 rings (SSSR count). The number of amides is 1. The van der Waals surface area contributed by atoms with Crippen LogP contribution < -0.4 is 14.5 Å². The summed E-state index contributed by atoms with van der Waals surface area (Å²) in [5.41, 5.74) is 1.61. The van der Waals surface area contributed by atoms with Crippen molar-refractivity contribution in [3.05, 3.63) is 54.6 Å². The SMILES string of the molecule is CC[C@@H](Oc1ccccc1)C(=O)N1CCCN(C)c2nc3ccccc3nc21. The minimum atomic E-state index is -0.563. The lowest BCUT2D eigenvalue weighted by Crippen LogP contribution is -2.42. The monoisotopic (exact) mass is 376 g/mol. The van der Waals surface area contributed by atoms with E-state index in [1.165, 1.54) is 0 Å². The highest BCUT2D eigenvalue weighted by Crippen LogP contribution is 2.31.